The molecule has 2 aromatic heterocycles. The molecule has 0 bridgehead atoms. The number of hydrogen-bond donors (Lipinski definition) is 1. The number of benzene rings is 3. The minimum Gasteiger partial charge on any atom is -0.508 e. The fourth-order valence-corrected chi connectivity index (χ4v) is 3.91. The number of fused-ring (bicyclic) bond motifs is 2. The maximum Gasteiger partial charge on any atom is 0.340 e. The lowest BCUT2D eigenvalue weighted by Gasteiger charge is -2.07. The molecule has 0 aliphatic heterocycles. The van der Waals surface area contributed by atoms with Gasteiger partial charge in [0.25, 0.3) is 0 Å². The molecule has 0 radical (unpaired) electrons. The molecule has 6 nitrogen and oxygen atoms in total. The lowest BCUT2D eigenvalue weighted by molar-refractivity contribution is 0.0529. The van der Waals surface area contributed by atoms with E-state index in [0.717, 1.165) is 16.3 Å². The third-order valence-corrected chi connectivity index (χ3v) is 5.56. The van der Waals surface area contributed by atoms with Gasteiger partial charge in [-0.2, -0.15) is 0 Å². The van der Waals surface area contributed by atoms with Crippen molar-refractivity contribution in [3.05, 3.63) is 102 Å². The van der Waals surface area contributed by atoms with E-state index in [2.05, 4.69) is 4.98 Å². The summed E-state index contributed by atoms with van der Waals surface area (Å²) in [4.78, 5) is 30.6. The zero-order valence-electron chi connectivity index (χ0n) is 17.9. The van der Waals surface area contributed by atoms with Crippen LogP contribution in [0.25, 0.3) is 27.5 Å². The Morgan fingerprint density at radius 1 is 0.939 bits per heavy atom. The van der Waals surface area contributed by atoms with Gasteiger partial charge < -0.3 is 9.84 Å². The van der Waals surface area contributed by atoms with E-state index in [1.54, 1.807) is 53.8 Å². The number of esters is 1. The van der Waals surface area contributed by atoms with Crippen LogP contribution in [0, 0.1) is 0 Å². The fourth-order valence-electron chi connectivity index (χ4n) is 3.91. The Labute approximate surface area is 189 Å². The van der Waals surface area contributed by atoms with E-state index in [4.69, 9.17) is 4.74 Å². The summed E-state index contributed by atoms with van der Waals surface area (Å²) < 4.78 is 6.86. The highest BCUT2D eigenvalue weighted by atomic mass is 16.5. The Kier molecular flexibility index (Phi) is 5.11. The molecule has 2 heterocycles. The summed E-state index contributed by atoms with van der Waals surface area (Å²) in [7, 11) is 0. The Balaban J connectivity index is 1.65. The van der Waals surface area contributed by atoms with Crippen LogP contribution in [0.15, 0.2) is 85.2 Å². The molecule has 0 atom stereocenters. The van der Waals surface area contributed by atoms with Crippen LogP contribution in [-0.4, -0.2) is 32.9 Å². The molecular weight excluding hydrogens is 416 g/mol. The average molecular weight is 436 g/mol. The number of carbonyl (C=O) groups excluding carboxylic acids is 2. The van der Waals surface area contributed by atoms with Crippen LogP contribution in [0.5, 0.6) is 5.75 Å². The standard InChI is InChI=1S/C27H20N2O4/c1-2-33-27(32)22-14-25(26(31)20-8-7-17-5-3-4-6-19(17)13-20)29-16-28-23(15-24(22)29)18-9-11-21(30)12-10-18/h3-16,30H,2H2,1H3. The quantitative estimate of drug-likeness (QED) is 0.300. The molecule has 6 heteroatoms. The Morgan fingerprint density at radius 2 is 1.70 bits per heavy atom. The van der Waals surface area contributed by atoms with Gasteiger partial charge in [0.05, 0.1) is 29.1 Å². The highest BCUT2D eigenvalue weighted by Gasteiger charge is 2.22. The van der Waals surface area contributed by atoms with Crippen LogP contribution in [-0.2, 0) is 4.74 Å². The Bertz CT molecular complexity index is 1520. The summed E-state index contributed by atoms with van der Waals surface area (Å²) in [6, 6.07) is 23.3. The van der Waals surface area contributed by atoms with Crippen molar-refractivity contribution in [2.45, 2.75) is 6.92 Å². The van der Waals surface area contributed by atoms with E-state index in [0.29, 0.717) is 28.0 Å². The zero-order valence-corrected chi connectivity index (χ0v) is 17.9. The number of ketones is 1. The molecule has 162 valence electrons. The Morgan fingerprint density at radius 3 is 2.45 bits per heavy atom. The van der Waals surface area contributed by atoms with Crippen LogP contribution in [0.2, 0.25) is 0 Å². The number of aromatic hydroxyl groups is 1. The van der Waals surface area contributed by atoms with Crippen molar-refractivity contribution in [3.8, 4) is 17.0 Å². The van der Waals surface area contributed by atoms with Gasteiger partial charge in [0.1, 0.15) is 12.1 Å². The average Bonchev–Trinajstić information content (AvgIpc) is 3.23. The number of phenolic OH excluding ortho intramolecular Hbond substituents is 1. The molecule has 0 aliphatic carbocycles. The summed E-state index contributed by atoms with van der Waals surface area (Å²) >= 11 is 0. The van der Waals surface area contributed by atoms with Crippen molar-refractivity contribution in [1.82, 2.24) is 9.38 Å². The molecule has 5 aromatic rings. The third-order valence-electron chi connectivity index (χ3n) is 5.56. The minimum absolute atomic E-state index is 0.151. The smallest absolute Gasteiger partial charge is 0.340 e. The molecule has 0 aliphatic rings. The van der Waals surface area contributed by atoms with Gasteiger partial charge in [0.2, 0.25) is 5.78 Å². The summed E-state index contributed by atoms with van der Waals surface area (Å²) in [5.41, 5.74) is 3.04. The summed E-state index contributed by atoms with van der Waals surface area (Å²) in [5.74, 6) is -0.570. The number of nitrogens with zero attached hydrogens (tertiary/aromatic N) is 2. The number of ether oxygens (including phenoxy) is 1. The molecule has 0 amide bonds. The maximum atomic E-state index is 13.5. The van der Waals surface area contributed by atoms with Gasteiger partial charge in [-0.3, -0.25) is 9.20 Å². The van der Waals surface area contributed by atoms with Gasteiger partial charge in [0.15, 0.2) is 0 Å². The van der Waals surface area contributed by atoms with Crippen LogP contribution < -0.4 is 0 Å². The van der Waals surface area contributed by atoms with Crippen molar-refractivity contribution in [3.63, 3.8) is 0 Å². The van der Waals surface area contributed by atoms with Crippen molar-refractivity contribution >= 4 is 28.0 Å². The molecule has 1 N–H and O–H groups in total. The molecule has 5 rings (SSSR count). The second kappa shape index (κ2) is 8.24. The molecule has 0 fully saturated rings. The largest absolute Gasteiger partial charge is 0.508 e. The number of carbonyl (C=O) groups is 2. The summed E-state index contributed by atoms with van der Waals surface area (Å²) in [6.07, 6.45) is 1.54. The van der Waals surface area contributed by atoms with Crippen molar-refractivity contribution in [2.24, 2.45) is 0 Å². The van der Waals surface area contributed by atoms with Gasteiger partial charge >= 0.3 is 5.97 Å². The van der Waals surface area contributed by atoms with E-state index < -0.39 is 5.97 Å². The minimum atomic E-state index is -0.504. The van der Waals surface area contributed by atoms with Gasteiger partial charge in [-0.05, 0) is 60.2 Å². The number of aromatic nitrogens is 2. The van der Waals surface area contributed by atoms with E-state index in [-0.39, 0.29) is 18.1 Å². The maximum absolute atomic E-state index is 13.5. The third kappa shape index (κ3) is 3.72. The fraction of sp³-hybridized carbons (Fsp3) is 0.0741. The normalized spacial score (nSPS) is 11.1. The highest BCUT2D eigenvalue weighted by molar-refractivity contribution is 6.12. The van der Waals surface area contributed by atoms with E-state index >= 15 is 0 Å². The number of phenols is 1. The Hall–Kier alpha value is -4.45. The van der Waals surface area contributed by atoms with Crippen molar-refractivity contribution < 1.29 is 19.4 Å². The molecular formula is C27H20N2O4. The predicted molar refractivity (Wildman–Crippen MR) is 126 cm³/mol. The first-order valence-corrected chi connectivity index (χ1v) is 10.6. The second-order valence-corrected chi connectivity index (χ2v) is 7.63. The molecule has 0 unspecified atom stereocenters. The SMILES string of the molecule is CCOC(=O)c1cc(C(=O)c2ccc3ccccc3c2)n2cnc(-c3ccc(O)cc3)cc12. The zero-order chi connectivity index (χ0) is 22.9. The molecule has 0 saturated heterocycles. The molecule has 3 aromatic carbocycles. The first-order valence-electron chi connectivity index (χ1n) is 10.6. The summed E-state index contributed by atoms with van der Waals surface area (Å²) in [5, 5.41) is 11.6. The first kappa shape index (κ1) is 20.5. The lowest BCUT2D eigenvalue weighted by atomic mass is 10.0. The van der Waals surface area contributed by atoms with E-state index in [1.807, 2.05) is 36.4 Å². The van der Waals surface area contributed by atoms with Gasteiger partial charge in [-0.15, -0.1) is 0 Å². The number of rotatable bonds is 5. The molecule has 0 spiro atoms. The van der Waals surface area contributed by atoms with E-state index in [9.17, 15) is 14.7 Å². The van der Waals surface area contributed by atoms with Crippen LogP contribution in [0.3, 0.4) is 0 Å². The second-order valence-electron chi connectivity index (χ2n) is 7.63. The van der Waals surface area contributed by atoms with Crippen LogP contribution >= 0.6 is 0 Å². The van der Waals surface area contributed by atoms with E-state index in [1.165, 1.54) is 6.33 Å². The van der Waals surface area contributed by atoms with Crippen LogP contribution in [0.1, 0.15) is 33.3 Å². The van der Waals surface area contributed by atoms with Gasteiger partial charge in [-0.25, -0.2) is 9.78 Å². The van der Waals surface area contributed by atoms with Crippen molar-refractivity contribution in [1.29, 1.82) is 0 Å². The van der Waals surface area contributed by atoms with Crippen molar-refractivity contribution in [2.75, 3.05) is 6.61 Å². The molecule has 33 heavy (non-hydrogen) atoms. The number of hydrogen-bond acceptors (Lipinski definition) is 5. The van der Waals surface area contributed by atoms with Gasteiger partial charge in [-0.1, -0.05) is 36.4 Å². The summed E-state index contributed by atoms with van der Waals surface area (Å²) in [6.45, 7) is 1.96. The monoisotopic (exact) mass is 436 g/mol. The lowest BCUT2D eigenvalue weighted by Crippen LogP contribution is -2.05. The highest BCUT2D eigenvalue weighted by Crippen LogP contribution is 2.27. The predicted octanol–water partition coefficient (Wildman–Crippen LogP) is 5.27. The van der Waals surface area contributed by atoms with Gasteiger partial charge in [0, 0.05) is 11.1 Å². The topological polar surface area (TPSA) is 80.9 Å². The molecule has 0 saturated carbocycles. The first-order chi connectivity index (χ1) is 16.0. The van der Waals surface area contributed by atoms with Crippen LogP contribution in [0.4, 0.5) is 0 Å².